The third-order valence-electron chi connectivity index (χ3n) is 1.89. The number of nitrogens with zero attached hydrogens (tertiary/aromatic N) is 5. The smallest absolute Gasteiger partial charge is 0.231 e. The molecule has 0 radical (unpaired) electrons. The summed E-state index contributed by atoms with van der Waals surface area (Å²) >= 11 is 0. The van der Waals surface area contributed by atoms with Crippen LogP contribution in [0.2, 0.25) is 0 Å². The van der Waals surface area contributed by atoms with E-state index in [0.29, 0.717) is 5.95 Å². The molecule has 0 atom stereocenters. The lowest BCUT2D eigenvalue weighted by atomic mass is 10.3. The van der Waals surface area contributed by atoms with E-state index in [9.17, 15) is 0 Å². The summed E-state index contributed by atoms with van der Waals surface area (Å²) in [5.41, 5.74) is 0.962. The Morgan fingerprint density at radius 2 is 2.33 bits per heavy atom. The maximum absolute atomic E-state index is 4.14. The lowest BCUT2D eigenvalue weighted by molar-refractivity contribution is 0.837. The van der Waals surface area contributed by atoms with Crippen LogP contribution in [0, 0.1) is 0 Å². The highest BCUT2D eigenvalue weighted by molar-refractivity contribution is 5.69. The van der Waals surface area contributed by atoms with Crippen molar-refractivity contribution in [3.05, 3.63) is 12.4 Å². The van der Waals surface area contributed by atoms with E-state index in [1.807, 2.05) is 10.8 Å². The van der Waals surface area contributed by atoms with E-state index < -0.39 is 0 Å². The van der Waals surface area contributed by atoms with Gasteiger partial charge in [-0.3, -0.25) is 4.57 Å². The van der Waals surface area contributed by atoms with Crippen LogP contribution in [-0.4, -0.2) is 26.0 Å². The Kier molecular flexibility index (Phi) is 0.910. The first-order chi connectivity index (χ1) is 5.95. The summed E-state index contributed by atoms with van der Waals surface area (Å²) in [5, 5.41) is 7.80. The van der Waals surface area contributed by atoms with Crippen molar-refractivity contribution in [2.75, 3.05) is 0 Å². The Morgan fingerprint density at radius 1 is 1.33 bits per heavy atom. The second-order valence-corrected chi connectivity index (χ2v) is 2.60. The summed E-state index contributed by atoms with van der Waals surface area (Å²) in [6.07, 6.45) is 5.26. The molecule has 0 saturated heterocycles. The molecule has 0 aromatic rings. The van der Waals surface area contributed by atoms with Gasteiger partial charge >= 0.3 is 0 Å². The maximum Gasteiger partial charge on any atom is 0.231 e. The molecule has 0 saturated carbocycles. The Hall–Kier alpha value is -1.78. The van der Waals surface area contributed by atoms with Crippen LogP contribution < -0.4 is 0 Å². The highest BCUT2D eigenvalue weighted by Gasteiger charge is 2.15. The zero-order valence-corrected chi connectivity index (χ0v) is 6.18. The van der Waals surface area contributed by atoms with Crippen molar-refractivity contribution >= 4 is 12.2 Å². The third-order valence-corrected chi connectivity index (χ3v) is 1.89. The van der Waals surface area contributed by atoms with Crippen LogP contribution in [0.15, 0.2) is 17.4 Å². The molecule has 0 bridgehead atoms. The molecule has 3 rings (SSSR count). The Balaban J connectivity index is 2.41. The topological polar surface area (TPSA) is 56.0 Å². The van der Waals surface area contributed by atoms with E-state index in [1.165, 1.54) is 0 Å². The predicted molar refractivity (Wildman–Crippen MR) is 42.6 cm³/mol. The van der Waals surface area contributed by atoms with Crippen LogP contribution >= 0.6 is 0 Å². The van der Waals surface area contributed by atoms with Gasteiger partial charge in [-0.25, -0.2) is 9.98 Å². The summed E-state index contributed by atoms with van der Waals surface area (Å²) in [7, 11) is 0. The van der Waals surface area contributed by atoms with Gasteiger partial charge in [0.05, 0.1) is 18.3 Å². The fraction of sp³-hybridized carbons (Fsp3) is 0.143. The summed E-state index contributed by atoms with van der Waals surface area (Å²) < 4.78 is 1.93. The molecule has 0 fully saturated rings. The van der Waals surface area contributed by atoms with E-state index >= 15 is 0 Å². The van der Waals surface area contributed by atoms with Gasteiger partial charge in [0.25, 0.3) is 0 Å². The van der Waals surface area contributed by atoms with Gasteiger partial charge in [0.2, 0.25) is 5.95 Å². The normalized spacial score (nSPS) is 14.0. The largest absolute Gasteiger partial charge is 0.287 e. The molecular formula is C7H5N5. The molecule has 0 spiro atoms. The molecule has 0 aromatic heterocycles. The molecular weight excluding hydrogens is 154 g/mol. The molecule has 5 nitrogen and oxygen atoms in total. The highest BCUT2D eigenvalue weighted by Crippen LogP contribution is 2.24. The summed E-state index contributed by atoms with van der Waals surface area (Å²) in [5.74, 6) is 1.57. The van der Waals surface area contributed by atoms with Gasteiger partial charge < -0.3 is 0 Å². The molecule has 58 valence electrons. The van der Waals surface area contributed by atoms with Crippen molar-refractivity contribution in [1.82, 2.24) is 19.7 Å². The van der Waals surface area contributed by atoms with Gasteiger partial charge in [-0.15, -0.1) is 5.10 Å². The van der Waals surface area contributed by atoms with Crippen molar-refractivity contribution in [2.45, 2.75) is 6.54 Å². The van der Waals surface area contributed by atoms with Crippen LogP contribution in [0.3, 0.4) is 0 Å². The number of hydrogen-bond acceptors (Lipinski definition) is 4. The molecule has 0 N–H and O–H groups in total. The first-order valence-corrected chi connectivity index (χ1v) is 3.64. The second-order valence-electron chi connectivity index (χ2n) is 2.60. The van der Waals surface area contributed by atoms with Crippen molar-refractivity contribution in [3.63, 3.8) is 0 Å². The van der Waals surface area contributed by atoms with Crippen LogP contribution in [0.1, 0.15) is 0 Å². The average Bonchev–Trinajstić information content (AvgIpc) is 2.71. The van der Waals surface area contributed by atoms with E-state index in [-0.39, 0.29) is 0 Å². The average molecular weight is 159 g/mol. The minimum atomic E-state index is 0.711. The Morgan fingerprint density at radius 3 is 3.33 bits per heavy atom. The molecule has 3 heterocycles. The third kappa shape index (κ3) is 0.578. The lowest BCUT2D eigenvalue weighted by Crippen LogP contribution is -2.01. The van der Waals surface area contributed by atoms with Crippen LogP contribution in [-0.2, 0) is 6.54 Å². The Bertz CT molecular complexity index is 430. The maximum atomic E-state index is 4.14. The summed E-state index contributed by atoms with van der Waals surface area (Å²) in [4.78, 5) is 8.23. The first-order valence-electron chi connectivity index (χ1n) is 3.64. The van der Waals surface area contributed by atoms with Crippen LogP contribution in [0.5, 0.6) is 0 Å². The summed E-state index contributed by atoms with van der Waals surface area (Å²) in [6.45, 7) is 0.748. The van der Waals surface area contributed by atoms with Gasteiger partial charge in [-0.1, -0.05) is 0 Å². The minimum Gasteiger partial charge on any atom is -0.287 e. The lowest BCUT2D eigenvalue weighted by Gasteiger charge is -2.04. The fourth-order valence-corrected chi connectivity index (χ4v) is 1.33. The molecule has 5 heteroatoms. The van der Waals surface area contributed by atoms with Gasteiger partial charge in [0, 0.05) is 12.4 Å². The molecule has 0 amide bonds. The van der Waals surface area contributed by atoms with Crippen molar-refractivity contribution in [2.24, 2.45) is 4.99 Å². The first kappa shape index (κ1) is 5.82. The predicted octanol–water partition coefficient (Wildman–Crippen LogP) is 0.494. The summed E-state index contributed by atoms with van der Waals surface area (Å²) in [6, 6.07) is 0. The zero-order chi connectivity index (χ0) is 7.97. The van der Waals surface area contributed by atoms with Gasteiger partial charge in [0.1, 0.15) is 0 Å². The number of hydrogen-bond donors (Lipinski definition) is 0. The quantitative estimate of drug-likeness (QED) is 0.562. The Labute approximate surface area is 68.1 Å². The molecule has 3 aliphatic rings. The van der Waals surface area contributed by atoms with Crippen molar-refractivity contribution in [3.8, 4) is 11.4 Å². The van der Waals surface area contributed by atoms with E-state index in [2.05, 4.69) is 20.2 Å². The SMILES string of the molecule is C1=Nc2ncc3cnnc-3n2C1. The molecule has 0 unspecified atom stereocenters. The van der Waals surface area contributed by atoms with Crippen molar-refractivity contribution in [1.29, 1.82) is 0 Å². The molecule has 12 heavy (non-hydrogen) atoms. The fourth-order valence-electron chi connectivity index (χ4n) is 1.33. The van der Waals surface area contributed by atoms with E-state index in [1.54, 1.807) is 12.4 Å². The van der Waals surface area contributed by atoms with Gasteiger partial charge in [0.15, 0.2) is 5.82 Å². The van der Waals surface area contributed by atoms with Crippen LogP contribution in [0.4, 0.5) is 5.95 Å². The van der Waals surface area contributed by atoms with Gasteiger partial charge in [-0.2, -0.15) is 5.10 Å². The number of aromatic nitrogens is 4. The van der Waals surface area contributed by atoms with E-state index in [4.69, 9.17) is 0 Å². The molecule has 3 aliphatic heterocycles. The highest BCUT2D eigenvalue weighted by atomic mass is 15.3. The van der Waals surface area contributed by atoms with Gasteiger partial charge in [-0.05, 0) is 0 Å². The monoisotopic (exact) mass is 159 g/mol. The molecule has 0 aliphatic carbocycles. The zero-order valence-electron chi connectivity index (χ0n) is 6.18. The second kappa shape index (κ2) is 1.88. The standard InChI is InChI=1S/C7H5N5/c1-2-12-6-5(4-10-11-6)3-9-7(12)8-1/h1,3-4H,2H2. The van der Waals surface area contributed by atoms with E-state index in [0.717, 1.165) is 17.9 Å². The number of fused-ring (bicyclic) bond motifs is 3. The number of aliphatic imine (C=N–C) groups is 1. The number of rotatable bonds is 0. The van der Waals surface area contributed by atoms with Crippen LogP contribution in [0.25, 0.3) is 11.4 Å². The molecule has 0 aromatic carbocycles. The van der Waals surface area contributed by atoms with Crippen molar-refractivity contribution < 1.29 is 0 Å². The minimum absolute atomic E-state index is 0.711.